The first-order chi connectivity index (χ1) is 10.5. The first-order valence-corrected chi connectivity index (χ1v) is 7.55. The van der Waals surface area contributed by atoms with Gasteiger partial charge in [-0.15, -0.1) is 0 Å². The molecular formula is C14H18F3N5. The van der Waals surface area contributed by atoms with Crippen LogP contribution in [0.1, 0.15) is 44.7 Å². The Morgan fingerprint density at radius 3 is 2.64 bits per heavy atom. The van der Waals surface area contributed by atoms with Gasteiger partial charge in [0.05, 0.1) is 0 Å². The molecule has 0 atom stereocenters. The Balaban J connectivity index is 2.08. The largest absolute Gasteiger partial charge is 0.433 e. The minimum absolute atomic E-state index is 0.0147. The molecule has 5 nitrogen and oxygen atoms in total. The number of rotatable bonds is 3. The molecule has 22 heavy (non-hydrogen) atoms. The smallest absolute Gasteiger partial charge is 0.354 e. The van der Waals surface area contributed by atoms with E-state index in [1.54, 1.807) is 0 Å². The molecule has 0 N–H and O–H groups in total. The first-order valence-electron chi connectivity index (χ1n) is 7.55. The highest BCUT2D eigenvalue weighted by atomic mass is 19.4. The fraction of sp³-hybridized carbons (Fsp3) is 0.643. The zero-order valence-corrected chi connectivity index (χ0v) is 12.3. The summed E-state index contributed by atoms with van der Waals surface area (Å²) in [5.41, 5.74) is -0.919. The van der Waals surface area contributed by atoms with E-state index < -0.39 is 11.9 Å². The molecule has 1 aliphatic carbocycles. The van der Waals surface area contributed by atoms with Crippen molar-refractivity contribution in [1.29, 1.82) is 0 Å². The summed E-state index contributed by atoms with van der Waals surface area (Å²) in [7, 11) is 0. The average Bonchev–Trinajstić information content (AvgIpc) is 2.96. The van der Waals surface area contributed by atoms with E-state index in [0.717, 1.165) is 31.7 Å². The van der Waals surface area contributed by atoms with Crippen molar-refractivity contribution in [2.24, 2.45) is 0 Å². The Labute approximate surface area is 126 Å². The molecule has 0 unspecified atom stereocenters. The fourth-order valence-electron chi connectivity index (χ4n) is 3.15. The van der Waals surface area contributed by atoms with E-state index in [1.807, 2.05) is 11.8 Å². The van der Waals surface area contributed by atoms with Crippen LogP contribution in [0, 0.1) is 0 Å². The van der Waals surface area contributed by atoms with Crippen LogP contribution >= 0.6 is 0 Å². The van der Waals surface area contributed by atoms with Crippen LogP contribution in [-0.2, 0) is 6.18 Å². The lowest BCUT2D eigenvalue weighted by atomic mass is 9.94. The molecule has 0 saturated heterocycles. The summed E-state index contributed by atoms with van der Waals surface area (Å²) in [4.78, 5) is 9.39. The molecule has 3 rings (SSSR count). The molecule has 0 bridgehead atoms. The Hall–Kier alpha value is -1.86. The number of aromatic nitrogens is 4. The van der Waals surface area contributed by atoms with Crippen molar-refractivity contribution in [2.75, 3.05) is 11.4 Å². The molecule has 0 aliphatic heterocycles. The second kappa shape index (κ2) is 5.73. The van der Waals surface area contributed by atoms with Crippen molar-refractivity contribution in [2.45, 2.75) is 51.2 Å². The maximum absolute atomic E-state index is 13.1. The number of hydrogen-bond donors (Lipinski definition) is 0. The maximum Gasteiger partial charge on any atom is 0.433 e. The van der Waals surface area contributed by atoms with Crippen LogP contribution in [-0.4, -0.2) is 32.2 Å². The highest BCUT2D eigenvalue weighted by molar-refractivity contribution is 5.48. The Bertz CT molecular complexity index is 645. The minimum atomic E-state index is -4.49. The molecule has 1 fully saturated rings. The van der Waals surface area contributed by atoms with Crippen LogP contribution in [0.25, 0.3) is 5.78 Å². The predicted octanol–water partition coefficient (Wildman–Crippen LogP) is 3.30. The second-order valence-electron chi connectivity index (χ2n) is 5.55. The number of anilines is 1. The van der Waals surface area contributed by atoms with Crippen molar-refractivity contribution in [3.05, 3.63) is 18.1 Å². The summed E-state index contributed by atoms with van der Waals surface area (Å²) < 4.78 is 40.6. The summed E-state index contributed by atoms with van der Waals surface area (Å²) in [5, 5.41) is 4.04. The van der Waals surface area contributed by atoms with Gasteiger partial charge in [0.25, 0.3) is 5.78 Å². The predicted molar refractivity (Wildman–Crippen MR) is 75.7 cm³/mol. The summed E-state index contributed by atoms with van der Waals surface area (Å²) in [5.74, 6) is 0.406. The highest BCUT2D eigenvalue weighted by Crippen LogP contribution is 2.32. The van der Waals surface area contributed by atoms with E-state index in [0.29, 0.717) is 12.4 Å². The van der Waals surface area contributed by atoms with Gasteiger partial charge < -0.3 is 4.90 Å². The van der Waals surface area contributed by atoms with Gasteiger partial charge in [-0.2, -0.15) is 27.8 Å². The van der Waals surface area contributed by atoms with Gasteiger partial charge in [-0.1, -0.05) is 19.3 Å². The third-order valence-corrected chi connectivity index (χ3v) is 4.17. The van der Waals surface area contributed by atoms with Crippen molar-refractivity contribution in [3.8, 4) is 0 Å². The van der Waals surface area contributed by atoms with Gasteiger partial charge in [-0.25, -0.2) is 4.98 Å². The summed E-state index contributed by atoms with van der Waals surface area (Å²) in [6.07, 6.45) is 2.14. The third-order valence-electron chi connectivity index (χ3n) is 4.17. The molecule has 120 valence electrons. The molecular weight excluding hydrogens is 295 g/mol. The summed E-state index contributed by atoms with van der Waals surface area (Å²) in [6, 6.07) is 1.33. The monoisotopic (exact) mass is 313 g/mol. The van der Waals surface area contributed by atoms with Gasteiger partial charge in [-0.05, 0) is 19.8 Å². The normalized spacial score (nSPS) is 17.1. The number of hydrogen-bond acceptors (Lipinski definition) is 4. The van der Waals surface area contributed by atoms with E-state index in [4.69, 9.17) is 0 Å². The highest BCUT2D eigenvalue weighted by Gasteiger charge is 2.35. The van der Waals surface area contributed by atoms with E-state index in [1.165, 1.54) is 17.3 Å². The molecule has 0 spiro atoms. The maximum atomic E-state index is 13.1. The third kappa shape index (κ3) is 2.74. The van der Waals surface area contributed by atoms with Crippen LogP contribution in [0.2, 0.25) is 0 Å². The molecule has 2 aromatic heterocycles. The van der Waals surface area contributed by atoms with Crippen molar-refractivity contribution in [1.82, 2.24) is 19.6 Å². The summed E-state index contributed by atoms with van der Waals surface area (Å²) in [6.45, 7) is 2.58. The van der Waals surface area contributed by atoms with Gasteiger partial charge in [0, 0.05) is 18.7 Å². The Morgan fingerprint density at radius 1 is 1.27 bits per heavy atom. The molecule has 2 aromatic rings. The van der Waals surface area contributed by atoms with E-state index >= 15 is 0 Å². The van der Waals surface area contributed by atoms with Gasteiger partial charge in [0.1, 0.15) is 12.1 Å². The lowest BCUT2D eigenvalue weighted by molar-refractivity contribution is -0.141. The second-order valence-corrected chi connectivity index (χ2v) is 5.55. The Morgan fingerprint density at radius 2 is 2.00 bits per heavy atom. The van der Waals surface area contributed by atoms with E-state index in [2.05, 4.69) is 15.1 Å². The number of nitrogens with zero attached hydrogens (tertiary/aromatic N) is 5. The van der Waals surface area contributed by atoms with Crippen molar-refractivity contribution in [3.63, 3.8) is 0 Å². The van der Waals surface area contributed by atoms with Crippen LogP contribution < -0.4 is 4.90 Å². The minimum Gasteiger partial charge on any atom is -0.354 e. The standard InChI is InChI=1S/C14H18F3N5/c1-2-21(10-6-4-3-5-7-10)12-8-11(14(15,16)17)20-13-18-9-19-22(12)13/h8-10H,2-7H2,1H3. The first kappa shape index (κ1) is 15.1. The zero-order chi connectivity index (χ0) is 15.7. The average molecular weight is 313 g/mol. The molecule has 1 saturated carbocycles. The van der Waals surface area contributed by atoms with Gasteiger partial charge in [-0.3, -0.25) is 0 Å². The lowest BCUT2D eigenvalue weighted by Crippen LogP contribution is -2.38. The quantitative estimate of drug-likeness (QED) is 0.872. The van der Waals surface area contributed by atoms with Crippen LogP contribution in [0.5, 0.6) is 0 Å². The zero-order valence-electron chi connectivity index (χ0n) is 12.3. The molecule has 8 heteroatoms. The fourth-order valence-corrected chi connectivity index (χ4v) is 3.15. The summed E-state index contributed by atoms with van der Waals surface area (Å²) >= 11 is 0. The van der Waals surface area contributed by atoms with Gasteiger partial charge in [0.2, 0.25) is 0 Å². The molecule has 0 radical (unpaired) electrons. The van der Waals surface area contributed by atoms with Crippen molar-refractivity contribution < 1.29 is 13.2 Å². The van der Waals surface area contributed by atoms with E-state index in [-0.39, 0.29) is 11.8 Å². The number of halogens is 3. The number of alkyl halides is 3. The SMILES string of the molecule is CCN(c1cc(C(F)(F)F)nc2ncnn12)C1CCCCC1. The van der Waals surface area contributed by atoms with Gasteiger partial charge >= 0.3 is 6.18 Å². The van der Waals surface area contributed by atoms with E-state index in [9.17, 15) is 13.2 Å². The van der Waals surface area contributed by atoms with Crippen LogP contribution in [0.15, 0.2) is 12.4 Å². The van der Waals surface area contributed by atoms with Gasteiger partial charge in [0.15, 0.2) is 5.69 Å². The molecule has 0 aromatic carbocycles. The lowest BCUT2D eigenvalue weighted by Gasteiger charge is -2.35. The van der Waals surface area contributed by atoms with Crippen LogP contribution in [0.3, 0.4) is 0 Å². The van der Waals surface area contributed by atoms with Crippen molar-refractivity contribution >= 4 is 11.6 Å². The topological polar surface area (TPSA) is 46.3 Å². The molecule has 1 aliphatic rings. The van der Waals surface area contributed by atoms with Crippen LogP contribution in [0.4, 0.5) is 19.0 Å². The molecule has 2 heterocycles. The Kier molecular flexibility index (Phi) is 3.92. The molecule has 0 amide bonds. The number of fused-ring (bicyclic) bond motifs is 1.